The fourth-order valence-electron chi connectivity index (χ4n) is 2.64. The van der Waals surface area contributed by atoms with Gasteiger partial charge in [-0.25, -0.2) is 0 Å². The van der Waals surface area contributed by atoms with Crippen molar-refractivity contribution in [3.63, 3.8) is 0 Å². The first-order valence-electron chi connectivity index (χ1n) is 7.54. The molecule has 5 nitrogen and oxygen atoms in total. The highest BCUT2D eigenvalue weighted by Crippen LogP contribution is 2.35. The molecule has 2 aromatic carbocycles. The number of nitrogens with one attached hydrogen (secondary N) is 1. The van der Waals surface area contributed by atoms with E-state index in [0.717, 1.165) is 33.3 Å². The van der Waals surface area contributed by atoms with Crippen molar-refractivity contribution in [1.29, 1.82) is 5.26 Å². The lowest BCUT2D eigenvalue weighted by Gasteiger charge is -2.14. The van der Waals surface area contributed by atoms with Crippen LogP contribution < -0.4 is 10.1 Å². The molecule has 0 saturated heterocycles. The van der Waals surface area contributed by atoms with Crippen molar-refractivity contribution < 1.29 is 4.74 Å². The summed E-state index contributed by atoms with van der Waals surface area (Å²) in [7, 11) is 3.53. The third-order valence-electron chi connectivity index (χ3n) is 3.88. The number of benzene rings is 2. The lowest BCUT2D eigenvalue weighted by Crippen LogP contribution is -2.05. The van der Waals surface area contributed by atoms with Crippen LogP contribution in [0.2, 0.25) is 0 Å². The van der Waals surface area contributed by atoms with Gasteiger partial charge in [-0.05, 0) is 23.1 Å². The molecule has 1 heterocycles. The number of methoxy groups -OCH3 is 1. The van der Waals surface area contributed by atoms with Gasteiger partial charge in [0.05, 0.1) is 25.1 Å². The number of nitriles is 1. The minimum absolute atomic E-state index is 0.378. The van der Waals surface area contributed by atoms with Gasteiger partial charge in [-0.2, -0.15) is 10.4 Å². The monoisotopic (exact) mass is 318 g/mol. The van der Waals surface area contributed by atoms with Crippen LogP contribution in [0.1, 0.15) is 0 Å². The molecule has 0 aliphatic heterocycles. The summed E-state index contributed by atoms with van der Waals surface area (Å²) in [6.07, 6.45) is 3.82. The summed E-state index contributed by atoms with van der Waals surface area (Å²) in [6.45, 7) is 4.09. The number of fused-ring (bicyclic) bond motifs is 1. The lowest BCUT2D eigenvalue weighted by molar-refractivity contribution is 0.417. The Morgan fingerprint density at radius 1 is 1.33 bits per heavy atom. The Balaban J connectivity index is 2.11. The van der Waals surface area contributed by atoms with E-state index in [2.05, 4.69) is 41.3 Å². The summed E-state index contributed by atoms with van der Waals surface area (Å²) >= 11 is 0. The molecule has 0 unspecified atom stereocenters. The third kappa shape index (κ3) is 2.95. The van der Waals surface area contributed by atoms with E-state index < -0.39 is 0 Å². The van der Waals surface area contributed by atoms with Gasteiger partial charge >= 0.3 is 0 Å². The number of anilines is 1. The van der Waals surface area contributed by atoms with Gasteiger partial charge < -0.3 is 10.1 Å². The first-order chi connectivity index (χ1) is 11.6. The number of ether oxygens (including phenoxy) is 1. The number of rotatable bonds is 5. The fraction of sp³-hybridized carbons (Fsp3) is 0.158. The second kappa shape index (κ2) is 6.47. The molecule has 1 aromatic heterocycles. The van der Waals surface area contributed by atoms with Crippen molar-refractivity contribution in [2.45, 2.75) is 0 Å². The Bertz CT molecular complexity index is 950. The Morgan fingerprint density at radius 2 is 2.12 bits per heavy atom. The van der Waals surface area contributed by atoms with E-state index in [-0.39, 0.29) is 0 Å². The van der Waals surface area contributed by atoms with Crippen LogP contribution in [0.15, 0.2) is 54.9 Å². The smallest absolute Gasteiger partial charge is 0.142 e. The Kier molecular flexibility index (Phi) is 4.21. The van der Waals surface area contributed by atoms with Gasteiger partial charge in [-0.1, -0.05) is 24.8 Å². The number of aromatic nitrogens is 2. The molecular weight excluding hydrogens is 300 g/mol. The predicted octanol–water partition coefficient (Wildman–Crippen LogP) is 3.74. The van der Waals surface area contributed by atoms with E-state index in [1.165, 1.54) is 0 Å². The van der Waals surface area contributed by atoms with Gasteiger partial charge in [-0.15, -0.1) is 0 Å². The van der Waals surface area contributed by atoms with Gasteiger partial charge in [0, 0.05) is 36.3 Å². The number of aryl methyl sites for hydroxylation is 1. The number of hydrogen-bond acceptors (Lipinski definition) is 4. The molecule has 0 radical (unpaired) electrons. The highest BCUT2D eigenvalue weighted by Gasteiger charge is 2.10. The second-order valence-corrected chi connectivity index (χ2v) is 5.55. The first kappa shape index (κ1) is 15.6. The van der Waals surface area contributed by atoms with Crippen LogP contribution in [0.4, 0.5) is 5.69 Å². The van der Waals surface area contributed by atoms with Crippen LogP contribution in [-0.4, -0.2) is 23.4 Å². The van der Waals surface area contributed by atoms with E-state index >= 15 is 0 Å². The van der Waals surface area contributed by atoms with Crippen molar-refractivity contribution in [2.24, 2.45) is 7.05 Å². The van der Waals surface area contributed by atoms with Gasteiger partial charge in [0.25, 0.3) is 0 Å². The largest absolute Gasteiger partial charge is 0.495 e. The molecule has 0 fully saturated rings. The summed E-state index contributed by atoms with van der Waals surface area (Å²) < 4.78 is 7.26. The minimum Gasteiger partial charge on any atom is -0.495 e. The molecular formula is C19H18N4O. The quantitative estimate of drug-likeness (QED) is 0.728. The zero-order valence-electron chi connectivity index (χ0n) is 13.7. The Hall–Kier alpha value is -3.26. The van der Waals surface area contributed by atoms with Crippen LogP contribution in [0.25, 0.3) is 21.9 Å². The predicted molar refractivity (Wildman–Crippen MR) is 95.9 cm³/mol. The highest BCUT2D eigenvalue weighted by atomic mass is 16.5. The highest BCUT2D eigenvalue weighted by molar-refractivity contribution is 5.99. The minimum atomic E-state index is 0.378. The molecule has 0 saturated carbocycles. The van der Waals surface area contributed by atoms with Crippen LogP contribution in [-0.2, 0) is 7.05 Å². The molecule has 0 spiro atoms. The van der Waals surface area contributed by atoms with Crippen LogP contribution >= 0.6 is 0 Å². The molecule has 24 heavy (non-hydrogen) atoms. The first-order valence-corrected chi connectivity index (χ1v) is 7.54. The van der Waals surface area contributed by atoms with Gasteiger partial charge in [0.2, 0.25) is 0 Å². The van der Waals surface area contributed by atoms with Crippen LogP contribution in [0, 0.1) is 11.3 Å². The van der Waals surface area contributed by atoms with E-state index in [9.17, 15) is 0 Å². The van der Waals surface area contributed by atoms with Crippen molar-refractivity contribution >= 4 is 16.5 Å². The number of nitrogens with zero attached hydrogens (tertiary/aromatic N) is 3. The van der Waals surface area contributed by atoms with Gasteiger partial charge in [0.15, 0.2) is 0 Å². The van der Waals surface area contributed by atoms with Gasteiger partial charge in [0.1, 0.15) is 5.75 Å². The molecule has 3 rings (SSSR count). The normalized spacial score (nSPS) is 10.4. The van der Waals surface area contributed by atoms with Crippen molar-refractivity contribution in [2.75, 3.05) is 19.0 Å². The van der Waals surface area contributed by atoms with E-state index in [0.29, 0.717) is 12.1 Å². The maximum atomic E-state index is 8.92. The molecule has 0 amide bonds. The molecule has 0 atom stereocenters. The molecule has 3 aromatic rings. The van der Waals surface area contributed by atoms with Crippen molar-refractivity contribution in [1.82, 2.24) is 9.78 Å². The average molecular weight is 318 g/mol. The zero-order chi connectivity index (χ0) is 17.1. The summed E-state index contributed by atoms with van der Waals surface area (Å²) in [5.41, 5.74) is 3.45. The van der Waals surface area contributed by atoms with Crippen LogP contribution in [0.3, 0.4) is 0 Å². The molecule has 0 aliphatic carbocycles. The molecule has 5 heteroatoms. The van der Waals surface area contributed by atoms with E-state index in [1.54, 1.807) is 11.8 Å². The third-order valence-corrected chi connectivity index (χ3v) is 3.88. The fourth-order valence-corrected chi connectivity index (χ4v) is 2.64. The molecule has 0 bridgehead atoms. The summed E-state index contributed by atoms with van der Waals surface area (Å²) in [5.74, 6) is 0.733. The Morgan fingerprint density at radius 3 is 2.79 bits per heavy atom. The zero-order valence-corrected chi connectivity index (χ0v) is 13.7. The number of hydrogen-bond donors (Lipinski definition) is 1. The van der Waals surface area contributed by atoms with Crippen molar-refractivity contribution in [3.05, 3.63) is 54.9 Å². The maximum absolute atomic E-state index is 8.92. The van der Waals surface area contributed by atoms with Crippen molar-refractivity contribution in [3.8, 4) is 22.9 Å². The standard InChI is InChI=1S/C19H18N4O/c1-13(9-20)10-21-19-17-8-15(16-11-22-23(2)12-16)5-4-14(17)6-7-18(19)24-3/h4-8,11-12,21H,1,10H2,2-3H3. The van der Waals surface area contributed by atoms with Gasteiger partial charge in [-0.3, -0.25) is 4.68 Å². The molecule has 0 aliphatic rings. The topological polar surface area (TPSA) is 62.9 Å². The summed E-state index contributed by atoms with van der Waals surface area (Å²) in [5, 5.41) is 18.5. The summed E-state index contributed by atoms with van der Waals surface area (Å²) in [4.78, 5) is 0. The Labute approximate surface area is 140 Å². The average Bonchev–Trinajstić information content (AvgIpc) is 3.05. The second-order valence-electron chi connectivity index (χ2n) is 5.55. The van der Waals surface area contributed by atoms with Crippen LogP contribution in [0.5, 0.6) is 5.75 Å². The van der Waals surface area contributed by atoms with E-state index in [4.69, 9.17) is 10.00 Å². The summed E-state index contributed by atoms with van der Waals surface area (Å²) in [6, 6.07) is 12.2. The SMILES string of the molecule is C=C(C#N)CNc1c(OC)ccc2ccc(-c3cnn(C)c3)cc12. The molecule has 120 valence electrons. The maximum Gasteiger partial charge on any atom is 0.142 e. The molecule has 1 N–H and O–H groups in total. The lowest BCUT2D eigenvalue weighted by atomic mass is 10.0. The van der Waals surface area contributed by atoms with E-state index in [1.807, 2.05) is 31.6 Å².